The number of para-hydroxylation sites is 1. The van der Waals surface area contributed by atoms with E-state index in [0.29, 0.717) is 10.8 Å². The molecule has 0 fully saturated rings. The van der Waals surface area contributed by atoms with Crippen LogP contribution in [0.2, 0.25) is 0 Å². The van der Waals surface area contributed by atoms with Crippen LogP contribution in [0.5, 0.6) is 0 Å². The SMILES string of the molecule is CC(=O)N(O)CCC(NC(=O)Nc1ccccc1)P(=O)(O)O. The molecule has 0 saturated heterocycles. The second-order valence-electron chi connectivity index (χ2n) is 4.50. The van der Waals surface area contributed by atoms with E-state index in [-0.39, 0.29) is 13.0 Å². The Morgan fingerprint density at radius 2 is 1.86 bits per heavy atom. The summed E-state index contributed by atoms with van der Waals surface area (Å²) in [7, 11) is -4.64. The molecular weight excluding hydrogens is 313 g/mol. The third-order valence-electron chi connectivity index (χ3n) is 2.71. The Morgan fingerprint density at radius 3 is 2.36 bits per heavy atom. The number of nitrogens with zero attached hydrogens (tertiary/aromatic N) is 1. The minimum absolute atomic E-state index is 0.303. The molecular formula is C12H18N3O6P. The van der Waals surface area contributed by atoms with Crippen molar-refractivity contribution < 1.29 is 29.1 Å². The van der Waals surface area contributed by atoms with Gasteiger partial charge in [-0.2, -0.15) is 0 Å². The largest absolute Gasteiger partial charge is 0.347 e. The van der Waals surface area contributed by atoms with Crippen LogP contribution in [0.1, 0.15) is 13.3 Å². The molecule has 0 aromatic heterocycles. The molecule has 0 aliphatic rings. The summed E-state index contributed by atoms with van der Waals surface area (Å²) in [6, 6.07) is 7.54. The van der Waals surface area contributed by atoms with Crippen molar-refractivity contribution in [3.63, 3.8) is 0 Å². The summed E-state index contributed by atoms with van der Waals surface area (Å²) in [6.07, 6.45) is -0.303. The molecule has 0 heterocycles. The highest BCUT2D eigenvalue weighted by Gasteiger charge is 2.30. The minimum atomic E-state index is -4.64. The molecule has 1 aromatic rings. The van der Waals surface area contributed by atoms with Crippen LogP contribution >= 0.6 is 7.60 Å². The number of amides is 3. The van der Waals surface area contributed by atoms with Gasteiger partial charge in [0.25, 0.3) is 0 Å². The van der Waals surface area contributed by atoms with Gasteiger partial charge in [0.1, 0.15) is 5.78 Å². The van der Waals surface area contributed by atoms with E-state index in [2.05, 4.69) is 10.6 Å². The zero-order valence-corrected chi connectivity index (χ0v) is 12.7. The Bertz CT molecular complexity index is 561. The topological polar surface area (TPSA) is 139 Å². The number of hydrogen-bond acceptors (Lipinski definition) is 4. The zero-order valence-electron chi connectivity index (χ0n) is 11.8. The highest BCUT2D eigenvalue weighted by Crippen LogP contribution is 2.41. The lowest BCUT2D eigenvalue weighted by molar-refractivity contribution is -0.162. The molecule has 3 amide bonds. The maximum absolute atomic E-state index is 11.7. The number of hydrogen-bond donors (Lipinski definition) is 5. The first-order chi connectivity index (χ1) is 10.2. The summed E-state index contributed by atoms with van der Waals surface area (Å²) in [5.74, 6) is -2.19. The van der Waals surface area contributed by atoms with Crippen molar-refractivity contribution in [3.8, 4) is 0 Å². The Morgan fingerprint density at radius 1 is 1.27 bits per heavy atom. The molecule has 5 N–H and O–H groups in total. The Kier molecular flexibility index (Phi) is 6.51. The summed E-state index contributed by atoms with van der Waals surface area (Å²) in [6.45, 7) is 0.777. The number of benzene rings is 1. The molecule has 0 bridgehead atoms. The molecule has 0 aliphatic heterocycles. The first-order valence-electron chi connectivity index (χ1n) is 6.35. The van der Waals surface area contributed by atoms with Crippen molar-refractivity contribution >= 4 is 25.2 Å². The summed E-state index contributed by atoms with van der Waals surface area (Å²) < 4.78 is 11.4. The van der Waals surface area contributed by atoms with Gasteiger partial charge >= 0.3 is 13.6 Å². The quantitative estimate of drug-likeness (QED) is 0.299. The summed E-state index contributed by atoms with van der Waals surface area (Å²) in [5, 5.41) is 14.1. The first-order valence-corrected chi connectivity index (χ1v) is 8.03. The number of carbonyl (C=O) groups is 2. The van der Waals surface area contributed by atoms with Crippen LogP contribution in [0.25, 0.3) is 0 Å². The van der Waals surface area contributed by atoms with Gasteiger partial charge in [-0.25, -0.2) is 9.86 Å². The van der Waals surface area contributed by atoms with E-state index in [1.165, 1.54) is 0 Å². The summed E-state index contributed by atoms with van der Waals surface area (Å²) >= 11 is 0. The van der Waals surface area contributed by atoms with Gasteiger partial charge in [-0.1, -0.05) is 18.2 Å². The molecule has 22 heavy (non-hydrogen) atoms. The van der Waals surface area contributed by atoms with Gasteiger partial charge in [-0.05, 0) is 18.6 Å². The van der Waals surface area contributed by atoms with Gasteiger partial charge in [0.05, 0.1) is 6.54 Å². The number of urea groups is 1. The van der Waals surface area contributed by atoms with Crippen molar-refractivity contribution in [2.45, 2.75) is 19.1 Å². The fourth-order valence-corrected chi connectivity index (χ4v) is 2.30. The van der Waals surface area contributed by atoms with E-state index in [4.69, 9.17) is 0 Å². The van der Waals surface area contributed by atoms with Crippen LogP contribution < -0.4 is 10.6 Å². The van der Waals surface area contributed by atoms with Gasteiger partial charge in [0.15, 0.2) is 0 Å². The van der Waals surface area contributed by atoms with Gasteiger partial charge in [0, 0.05) is 12.6 Å². The standard InChI is InChI=1S/C12H18N3O6P/c1-9(16)15(18)8-7-11(22(19,20)21)14-12(17)13-10-5-3-2-4-6-10/h2-6,11,18H,7-8H2,1H3,(H2,13,14,17)(H2,19,20,21). The van der Waals surface area contributed by atoms with E-state index < -0.39 is 25.3 Å². The molecule has 9 nitrogen and oxygen atoms in total. The number of rotatable bonds is 6. The maximum atomic E-state index is 11.7. The molecule has 0 saturated carbocycles. The van der Waals surface area contributed by atoms with Crippen LogP contribution in [0.15, 0.2) is 30.3 Å². The van der Waals surface area contributed by atoms with Gasteiger partial charge in [-0.3, -0.25) is 14.6 Å². The molecule has 1 unspecified atom stereocenters. The molecule has 0 radical (unpaired) electrons. The van der Waals surface area contributed by atoms with Crippen molar-refractivity contribution in [2.75, 3.05) is 11.9 Å². The summed E-state index contributed by atoms with van der Waals surface area (Å²) in [4.78, 5) is 41.0. The fourth-order valence-electron chi connectivity index (χ4n) is 1.57. The third-order valence-corrected chi connectivity index (χ3v) is 3.91. The van der Waals surface area contributed by atoms with Crippen LogP contribution in [0.3, 0.4) is 0 Å². The highest BCUT2D eigenvalue weighted by molar-refractivity contribution is 7.52. The Hall–Kier alpha value is -1.93. The normalized spacial score (nSPS) is 12.4. The van der Waals surface area contributed by atoms with Crippen molar-refractivity contribution in [1.29, 1.82) is 0 Å². The number of anilines is 1. The van der Waals surface area contributed by atoms with E-state index >= 15 is 0 Å². The van der Waals surface area contributed by atoms with Crippen molar-refractivity contribution in [3.05, 3.63) is 30.3 Å². The number of carbonyl (C=O) groups excluding carboxylic acids is 2. The van der Waals surface area contributed by atoms with Crippen LogP contribution in [0, 0.1) is 0 Å². The van der Waals surface area contributed by atoms with Crippen LogP contribution in [0.4, 0.5) is 10.5 Å². The third kappa shape index (κ3) is 6.23. The minimum Gasteiger partial charge on any atom is -0.323 e. The summed E-state index contributed by atoms with van der Waals surface area (Å²) in [5.41, 5.74) is 0.456. The van der Waals surface area contributed by atoms with Crippen molar-refractivity contribution in [2.24, 2.45) is 0 Å². The molecule has 1 aromatic carbocycles. The highest BCUT2D eigenvalue weighted by atomic mass is 31.2. The van der Waals surface area contributed by atoms with Gasteiger partial charge in [0.2, 0.25) is 5.91 Å². The average Bonchev–Trinajstić information content (AvgIpc) is 2.42. The Balaban J connectivity index is 2.63. The van der Waals surface area contributed by atoms with Crippen LogP contribution in [-0.4, -0.2) is 44.3 Å². The molecule has 0 aliphatic carbocycles. The molecule has 10 heteroatoms. The zero-order chi connectivity index (χ0) is 16.8. The number of hydroxylamine groups is 2. The maximum Gasteiger partial charge on any atom is 0.347 e. The van der Waals surface area contributed by atoms with E-state index in [1.54, 1.807) is 30.3 Å². The predicted molar refractivity (Wildman–Crippen MR) is 78.2 cm³/mol. The second kappa shape index (κ2) is 7.90. The lowest BCUT2D eigenvalue weighted by Gasteiger charge is -2.22. The molecule has 1 atom stereocenters. The van der Waals surface area contributed by atoms with E-state index in [0.717, 1.165) is 6.92 Å². The van der Waals surface area contributed by atoms with Gasteiger partial charge < -0.3 is 20.4 Å². The Labute approximate surface area is 127 Å². The smallest absolute Gasteiger partial charge is 0.323 e. The fraction of sp³-hybridized carbons (Fsp3) is 0.333. The molecule has 122 valence electrons. The average molecular weight is 331 g/mol. The number of nitrogens with one attached hydrogen (secondary N) is 2. The van der Waals surface area contributed by atoms with Crippen molar-refractivity contribution in [1.82, 2.24) is 10.4 Å². The second-order valence-corrected chi connectivity index (χ2v) is 6.30. The predicted octanol–water partition coefficient (Wildman–Crippen LogP) is 0.940. The van der Waals surface area contributed by atoms with Crippen LogP contribution in [-0.2, 0) is 9.36 Å². The van der Waals surface area contributed by atoms with E-state index in [9.17, 15) is 29.1 Å². The van der Waals surface area contributed by atoms with E-state index in [1.807, 2.05) is 0 Å². The lowest BCUT2D eigenvalue weighted by atomic mass is 10.3. The van der Waals surface area contributed by atoms with Gasteiger partial charge in [-0.15, -0.1) is 0 Å². The lowest BCUT2D eigenvalue weighted by Crippen LogP contribution is -2.40. The molecule has 0 spiro atoms. The first kappa shape index (κ1) is 18.1. The monoisotopic (exact) mass is 331 g/mol. The molecule has 1 rings (SSSR count).